The lowest BCUT2D eigenvalue weighted by Gasteiger charge is -2.13. The van der Waals surface area contributed by atoms with Crippen LogP contribution in [0, 0.1) is 0 Å². The first kappa shape index (κ1) is 24.1. The van der Waals surface area contributed by atoms with Crippen molar-refractivity contribution in [3.8, 4) is 5.75 Å². The van der Waals surface area contributed by atoms with Crippen LogP contribution in [0.4, 0.5) is 11.5 Å². The van der Waals surface area contributed by atoms with Gasteiger partial charge in [0, 0.05) is 25.2 Å². The molecule has 0 unspecified atom stereocenters. The van der Waals surface area contributed by atoms with Crippen molar-refractivity contribution in [2.24, 2.45) is 5.73 Å². The number of ether oxygens (including phenoxy) is 1. The van der Waals surface area contributed by atoms with E-state index in [2.05, 4.69) is 20.6 Å². The number of amides is 2. The highest BCUT2D eigenvalue weighted by atomic mass is 35.5. The summed E-state index contributed by atoms with van der Waals surface area (Å²) in [6.45, 7) is 0.261. The molecule has 0 fully saturated rings. The second-order valence-corrected chi connectivity index (χ2v) is 9.25. The van der Waals surface area contributed by atoms with E-state index < -0.39 is 21.7 Å². The van der Waals surface area contributed by atoms with Gasteiger partial charge in [0.15, 0.2) is 9.84 Å². The minimum atomic E-state index is -3.50. The van der Waals surface area contributed by atoms with Gasteiger partial charge < -0.3 is 21.1 Å². The molecule has 0 aliphatic rings. The fraction of sp³-hybridized carbons (Fsp3) is 0.143. The third-order valence-corrected chi connectivity index (χ3v) is 5.56. The highest BCUT2D eigenvalue weighted by molar-refractivity contribution is 7.90. The van der Waals surface area contributed by atoms with Crippen molar-refractivity contribution in [2.45, 2.75) is 4.90 Å². The summed E-state index contributed by atoms with van der Waals surface area (Å²) in [5, 5.41) is 5.65. The van der Waals surface area contributed by atoms with Crippen LogP contribution >= 0.6 is 11.6 Å². The molecule has 0 bridgehead atoms. The molecule has 10 nitrogen and oxygen atoms in total. The zero-order valence-electron chi connectivity index (χ0n) is 17.4. The Balaban J connectivity index is 1.80. The topological polar surface area (TPSA) is 153 Å². The lowest BCUT2D eigenvalue weighted by atomic mass is 10.1. The summed E-state index contributed by atoms with van der Waals surface area (Å²) < 4.78 is 29.2. The number of benzene rings is 1. The number of carbonyl (C=O) groups is 2. The molecule has 172 valence electrons. The number of nitrogens with zero attached hydrogens (tertiary/aromatic N) is 2. The van der Waals surface area contributed by atoms with Gasteiger partial charge in [-0.15, -0.1) is 0 Å². The number of nitrogens with two attached hydrogens (primary N) is 1. The van der Waals surface area contributed by atoms with E-state index >= 15 is 0 Å². The zero-order valence-corrected chi connectivity index (χ0v) is 19.0. The van der Waals surface area contributed by atoms with Crippen LogP contribution in [-0.4, -0.2) is 49.6 Å². The van der Waals surface area contributed by atoms with Crippen molar-refractivity contribution in [1.82, 2.24) is 9.97 Å². The number of rotatable bonds is 8. The molecule has 2 heterocycles. The molecule has 4 N–H and O–H groups in total. The van der Waals surface area contributed by atoms with Gasteiger partial charge in [-0.3, -0.25) is 14.6 Å². The summed E-state index contributed by atoms with van der Waals surface area (Å²) in [4.78, 5) is 33.3. The SMILES string of the molecule is CS(=O)(=O)c1ccc(C(=O)Nc2cncc(C(=O)Nc3ccc(Cl)cn3)c2)c(OCCN)c1. The predicted octanol–water partition coefficient (Wildman–Crippen LogP) is 2.38. The third-order valence-electron chi connectivity index (χ3n) is 4.23. The second-order valence-electron chi connectivity index (χ2n) is 6.80. The van der Waals surface area contributed by atoms with Gasteiger partial charge >= 0.3 is 0 Å². The monoisotopic (exact) mass is 489 g/mol. The number of nitrogens with one attached hydrogen (secondary N) is 2. The van der Waals surface area contributed by atoms with Gasteiger partial charge in [-0.2, -0.15) is 0 Å². The average molecular weight is 490 g/mol. The molecule has 2 aromatic heterocycles. The van der Waals surface area contributed by atoms with Crippen LogP contribution in [0.2, 0.25) is 5.02 Å². The van der Waals surface area contributed by atoms with Crippen LogP contribution in [0.25, 0.3) is 0 Å². The number of anilines is 2. The Bertz CT molecular complexity index is 1280. The van der Waals surface area contributed by atoms with Crippen molar-refractivity contribution in [1.29, 1.82) is 0 Å². The van der Waals surface area contributed by atoms with Crippen LogP contribution in [-0.2, 0) is 9.84 Å². The molecular formula is C21H20ClN5O5S. The number of halogens is 1. The van der Waals surface area contributed by atoms with E-state index in [-0.39, 0.29) is 40.6 Å². The van der Waals surface area contributed by atoms with Crippen molar-refractivity contribution in [2.75, 3.05) is 30.0 Å². The molecule has 12 heteroatoms. The Labute approximate surface area is 195 Å². The van der Waals surface area contributed by atoms with E-state index in [1.54, 1.807) is 12.1 Å². The smallest absolute Gasteiger partial charge is 0.259 e. The van der Waals surface area contributed by atoms with Crippen molar-refractivity contribution < 1.29 is 22.7 Å². The minimum absolute atomic E-state index is 0.00205. The van der Waals surface area contributed by atoms with E-state index in [1.807, 2.05) is 0 Å². The van der Waals surface area contributed by atoms with Gasteiger partial charge in [-0.1, -0.05) is 11.6 Å². The molecule has 3 rings (SSSR count). The van der Waals surface area contributed by atoms with Gasteiger partial charge in [0.25, 0.3) is 11.8 Å². The molecule has 0 saturated carbocycles. The summed E-state index contributed by atoms with van der Waals surface area (Å²) in [6, 6.07) is 8.47. The summed E-state index contributed by atoms with van der Waals surface area (Å²) in [6.07, 6.45) is 5.14. The molecule has 2 amide bonds. The van der Waals surface area contributed by atoms with Gasteiger partial charge in [-0.25, -0.2) is 13.4 Å². The minimum Gasteiger partial charge on any atom is -0.491 e. The molecule has 0 aliphatic heterocycles. The summed E-state index contributed by atoms with van der Waals surface area (Å²) >= 11 is 5.78. The van der Waals surface area contributed by atoms with Crippen LogP contribution in [0.1, 0.15) is 20.7 Å². The van der Waals surface area contributed by atoms with Gasteiger partial charge in [0.05, 0.1) is 32.9 Å². The number of hydrogen-bond acceptors (Lipinski definition) is 8. The quantitative estimate of drug-likeness (QED) is 0.435. The molecular weight excluding hydrogens is 470 g/mol. The Morgan fingerprint density at radius 1 is 1.06 bits per heavy atom. The fourth-order valence-electron chi connectivity index (χ4n) is 2.68. The second kappa shape index (κ2) is 10.4. The van der Waals surface area contributed by atoms with Crippen LogP contribution < -0.4 is 21.1 Å². The Morgan fingerprint density at radius 3 is 2.52 bits per heavy atom. The number of sulfone groups is 1. The maximum atomic E-state index is 12.8. The van der Waals surface area contributed by atoms with E-state index in [4.69, 9.17) is 22.1 Å². The molecule has 0 spiro atoms. The average Bonchev–Trinajstić information content (AvgIpc) is 2.78. The summed E-state index contributed by atoms with van der Waals surface area (Å²) in [5.41, 5.74) is 5.97. The first-order chi connectivity index (χ1) is 15.7. The lowest BCUT2D eigenvalue weighted by Crippen LogP contribution is -2.18. The summed E-state index contributed by atoms with van der Waals surface area (Å²) in [7, 11) is -3.50. The summed E-state index contributed by atoms with van der Waals surface area (Å²) in [5.74, 6) is -0.707. The molecule has 0 atom stereocenters. The molecule has 1 aromatic carbocycles. The number of pyridine rings is 2. The Kier molecular flexibility index (Phi) is 7.59. The standard InChI is InChI=1S/C21H20ClN5O5S/c1-33(30,31)16-3-4-17(18(9-16)32-7-6-23)21(29)26-15-8-13(10-24-12-15)20(28)27-19-5-2-14(22)11-25-19/h2-5,8-12H,6-7,23H2,1H3,(H,26,29)(H,25,27,28). The number of hydrogen-bond donors (Lipinski definition) is 3. The van der Waals surface area contributed by atoms with Crippen molar-refractivity contribution >= 4 is 44.8 Å². The lowest BCUT2D eigenvalue weighted by molar-refractivity contribution is 0.101. The molecule has 0 saturated heterocycles. The third kappa shape index (κ3) is 6.48. The van der Waals surface area contributed by atoms with Gasteiger partial charge in [-0.05, 0) is 36.4 Å². The maximum absolute atomic E-state index is 12.8. The first-order valence-corrected chi connectivity index (χ1v) is 11.8. The molecule has 33 heavy (non-hydrogen) atoms. The van der Waals surface area contributed by atoms with Crippen LogP contribution in [0.3, 0.4) is 0 Å². The Morgan fingerprint density at radius 2 is 1.85 bits per heavy atom. The largest absolute Gasteiger partial charge is 0.491 e. The van der Waals surface area contributed by atoms with E-state index in [0.717, 1.165) is 6.26 Å². The van der Waals surface area contributed by atoms with Crippen molar-refractivity contribution in [3.63, 3.8) is 0 Å². The van der Waals surface area contributed by atoms with Crippen molar-refractivity contribution in [3.05, 3.63) is 71.1 Å². The van der Waals surface area contributed by atoms with Gasteiger partial charge in [0.1, 0.15) is 18.2 Å². The highest BCUT2D eigenvalue weighted by Gasteiger charge is 2.18. The molecule has 3 aromatic rings. The zero-order chi connectivity index (χ0) is 24.0. The van der Waals surface area contributed by atoms with E-state index in [9.17, 15) is 18.0 Å². The highest BCUT2D eigenvalue weighted by Crippen LogP contribution is 2.25. The maximum Gasteiger partial charge on any atom is 0.259 e. The predicted molar refractivity (Wildman–Crippen MR) is 123 cm³/mol. The van der Waals surface area contributed by atoms with E-state index in [1.165, 1.54) is 42.9 Å². The molecule has 0 aliphatic carbocycles. The number of aromatic nitrogens is 2. The fourth-order valence-corrected chi connectivity index (χ4v) is 3.43. The van der Waals surface area contributed by atoms with E-state index in [0.29, 0.717) is 10.8 Å². The number of carbonyl (C=O) groups excluding carboxylic acids is 2. The Hall–Kier alpha value is -3.54. The normalized spacial score (nSPS) is 11.0. The molecule has 0 radical (unpaired) electrons. The van der Waals surface area contributed by atoms with Crippen LogP contribution in [0.5, 0.6) is 5.75 Å². The van der Waals surface area contributed by atoms with Crippen LogP contribution in [0.15, 0.2) is 59.9 Å². The van der Waals surface area contributed by atoms with Gasteiger partial charge in [0.2, 0.25) is 0 Å². The first-order valence-electron chi connectivity index (χ1n) is 9.53.